The van der Waals surface area contributed by atoms with E-state index in [4.69, 9.17) is 0 Å². The molecule has 206 valence electrons. The summed E-state index contributed by atoms with van der Waals surface area (Å²) in [5.41, 5.74) is 5.86. The normalized spacial score (nSPS) is 11.6. The van der Waals surface area contributed by atoms with E-state index in [0.717, 1.165) is 11.4 Å². The Morgan fingerprint density at radius 2 is 1.07 bits per heavy atom. The molecule has 0 spiro atoms. The monoisotopic (exact) mass is 577 g/mol. The minimum atomic E-state index is 1.13. The van der Waals surface area contributed by atoms with Gasteiger partial charge in [-0.05, 0) is 69.1 Å². The Balaban J connectivity index is 1.29. The van der Waals surface area contributed by atoms with Gasteiger partial charge in [0.15, 0.2) is 0 Å². The van der Waals surface area contributed by atoms with Gasteiger partial charge in [-0.1, -0.05) is 127 Å². The Kier molecular flexibility index (Phi) is 5.75. The van der Waals surface area contributed by atoms with Crippen molar-refractivity contribution in [1.82, 2.24) is 0 Å². The lowest BCUT2D eigenvalue weighted by Crippen LogP contribution is -2.10. The molecule has 44 heavy (non-hydrogen) atoms. The number of hydrogen-bond donors (Lipinski definition) is 0. The number of fused-ring (bicyclic) bond motifs is 8. The van der Waals surface area contributed by atoms with Crippen LogP contribution in [0.5, 0.6) is 0 Å². The van der Waals surface area contributed by atoms with E-state index in [1.54, 1.807) is 0 Å². The predicted octanol–water partition coefficient (Wildman–Crippen LogP) is 12.7. The molecule has 0 saturated carbocycles. The zero-order valence-electron chi connectivity index (χ0n) is 23.9. The Bertz CT molecular complexity index is 2500. The summed E-state index contributed by atoms with van der Waals surface area (Å²) in [5, 5.41) is 10.3. The molecule has 0 aliphatic rings. The average Bonchev–Trinajstić information content (AvgIpc) is 3.48. The zero-order valence-corrected chi connectivity index (χ0v) is 24.8. The fraction of sp³-hybridized carbons (Fsp3) is 0. The van der Waals surface area contributed by atoms with E-state index in [1.165, 1.54) is 69.3 Å². The van der Waals surface area contributed by atoms with Crippen LogP contribution < -0.4 is 4.90 Å². The summed E-state index contributed by atoms with van der Waals surface area (Å²) in [6.45, 7) is 0. The molecule has 8 aromatic carbocycles. The van der Waals surface area contributed by atoms with Crippen molar-refractivity contribution >= 4 is 80.9 Å². The summed E-state index contributed by atoms with van der Waals surface area (Å²) < 4.78 is 2.70. The summed E-state index contributed by atoms with van der Waals surface area (Å²) in [4.78, 5) is 2.42. The molecule has 1 nitrogen and oxygen atoms in total. The van der Waals surface area contributed by atoms with Crippen LogP contribution in [0.25, 0.3) is 63.6 Å². The Hall–Kier alpha value is -5.44. The molecule has 1 aromatic heterocycles. The first-order valence-electron chi connectivity index (χ1n) is 15.0. The van der Waals surface area contributed by atoms with Gasteiger partial charge < -0.3 is 4.90 Å². The third kappa shape index (κ3) is 4.00. The van der Waals surface area contributed by atoms with Crippen LogP contribution in [0.4, 0.5) is 17.1 Å². The summed E-state index contributed by atoms with van der Waals surface area (Å²) >= 11 is 1.90. The Morgan fingerprint density at radius 1 is 0.386 bits per heavy atom. The number of anilines is 3. The predicted molar refractivity (Wildman–Crippen MR) is 192 cm³/mol. The van der Waals surface area contributed by atoms with Crippen LogP contribution in [0.15, 0.2) is 164 Å². The van der Waals surface area contributed by atoms with E-state index >= 15 is 0 Å². The molecule has 1 heterocycles. The first-order valence-corrected chi connectivity index (χ1v) is 15.8. The zero-order chi connectivity index (χ0) is 29.0. The van der Waals surface area contributed by atoms with E-state index in [0.29, 0.717) is 0 Å². The van der Waals surface area contributed by atoms with Crippen molar-refractivity contribution in [2.45, 2.75) is 0 Å². The van der Waals surface area contributed by atoms with Crippen LogP contribution >= 0.6 is 11.3 Å². The number of thiophene rings is 1. The molecule has 0 saturated heterocycles. The van der Waals surface area contributed by atoms with Gasteiger partial charge in [0.05, 0.1) is 5.69 Å². The second-order valence-corrected chi connectivity index (χ2v) is 12.4. The van der Waals surface area contributed by atoms with Gasteiger partial charge in [-0.3, -0.25) is 0 Å². The Morgan fingerprint density at radius 3 is 2.00 bits per heavy atom. The van der Waals surface area contributed by atoms with Crippen molar-refractivity contribution in [3.63, 3.8) is 0 Å². The number of rotatable bonds is 4. The van der Waals surface area contributed by atoms with Crippen LogP contribution in [-0.4, -0.2) is 0 Å². The molecule has 0 atom stereocenters. The van der Waals surface area contributed by atoms with E-state index in [9.17, 15) is 0 Å². The second kappa shape index (κ2) is 10.1. The minimum absolute atomic E-state index is 1.13. The van der Waals surface area contributed by atoms with Crippen LogP contribution in [0, 0.1) is 0 Å². The van der Waals surface area contributed by atoms with Gasteiger partial charge in [0.25, 0.3) is 0 Å². The lowest BCUT2D eigenvalue weighted by Gasteiger charge is -2.28. The van der Waals surface area contributed by atoms with Gasteiger partial charge in [0, 0.05) is 42.3 Å². The van der Waals surface area contributed by atoms with Crippen molar-refractivity contribution in [2.75, 3.05) is 4.90 Å². The van der Waals surface area contributed by atoms with E-state index in [-0.39, 0.29) is 0 Å². The largest absolute Gasteiger partial charge is 0.310 e. The average molecular weight is 578 g/mol. The van der Waals surface area contributed by atoms with Gasteiger partial charge in [0.1, 0.15) is 0 Å². The van der Waals surface area contributed by atoms with Crippen LogP contribution in [-0.2, 0) is 0 Å². The molecule has 2 heteroatoms. The summed E-state index contributed by atoms with van der Waals surface area (Å²) in [6, 6.07) is 59.7. The summed E-state index contributed by atoms with van der Waals surface area (Å²) in [7, 11) is 0. The van der Waals surface area contributed by atoms with E-state index in [1.807, 2.05) is 11.3 Å². The SMILES string of the molecule is c1ccc(-c2cccc(N(c3ccc4c(ccc5ccc6c7ccccc7sc6c54)c3)c3cccc4ccccc34)c2)cc1. The molecule has 0 N–H and O–H groups in total. The van der Waals surface area contributed by atoms with Crippen molar-refractivity contribution in [3.05, 3.63) is 164 Å². The maximum atomic E-state index is 2.42. The molecular formula is C42H27NS. The molecule has 0 amide bonds. The van der Waals surface area contributed by atoms with Crippen molar-refractivity contribution < 1.29 is 0 Å². The van der Waals surface area contributed by atoms with Crippen molar-refractivity contribution in [2.24, 2.45) is 0 Å². The second-order valence-electron chi connectivity index (χ2n) is 11.4. The lowest BCUT2D eigenvalue weighted by atomic mass is 9.98. The molecule has 0 fully saturated rings. The minimum Gasteiger partial charge on any atom is -0.310 e. The smallest absolute Gasteiger partial charge is 0.0540 e. The highest BCUT2D eigenvalue weighted by molar-refractivity contribution is 7.26. The highest BCUT2D eigenvalue weighted by Gasteiger charge is 2.18. The molecule has 0 bridgehead atoms. The van der Waals surface area contributed by atoms with E-state index in [2.05, 4.69) is 169 Å². The van der Waals surface area contributed by atoms with Crippen molar-refractivity contribution in [1.29, 1.82) is 0 Å². The van der Waals surface area contributed by atoms with Gasteiger partial charge >= 0.3 is 0 Å². The molecule has 0 unspecified atom stereocenters. The molecule has 0 radical (unpaired) electrons. The van der Waals surface area contributed by atoms with Crippen molar-refractivity contribution in [3.8, 4) is 11.1 Å². The fourth-order valence-electron chi connectivity index (χ4n) is 6.74. The van der Waals surface area contributed by atoms with Gasteiger partial charge in [-0.2, -0.15) is 0 Å². The third-order valence-corrected chi connectivity index (χ3v) is 10.0. The fourth-order valence-corrected chi connectivity index (χ4v) is 8.01. The van der Waals surface area contributed by atoms with Crippen LogP contribution in [0.1, 0.15) is 0 Å². The summed E-state index contributed by atoms with van der Waals surface area (Å²) in [5.74, 6) is 0. The third-order valence-electron chi connectivity index (χ3n) is 8.80. The van der Waals surface area contributed by atoms with Crippen LogP contribution in [0.2, 0.25) is 0 Å². The number of benzene rings is 8. The summed E-state index contributed by atoms with van der Waals surface area (Å²) in [6.07, 6.45) is 0. The molecule has 0 aliphatic carbocycles. The van der Waals surface area contributed by atoms with Gasteiger partial charge in [-0.25, -0.2) is 0 Å². The molecular weight excluding hydrogens is 551 g/mol. The highest BCUT2D eigenvalue weighted by atomic mass is 32.1. The van der Waals surface area contributed by atoms with Gasteiger partial charge in [0.2, 0.25) is 0 Å². The van der Waals surface area contributed by atoms with E-state index < -0.39 is 0 Å². The topological polar surface area (TPSA) is 3.24 Å². The maximum Gasteiger partial charge on any atom is 0.0540 e. The Labute approximate surface area is 259 Å². The van der Waals surface area contributed by atoms with Crippen LogP contribution in [0.3, 0.4) is 0 Å². The standard InChI is InChI=1S/C42H27NS/c1-2-10-28(11-3-1)31-14-8-15-33(26-31)43(39-18-9-13-29-12-4-5-16-35(29)39)34-23-25-36-32(27-34)21-20-30-22-24-38-37-17-6-7-19-40(37)44-42(38)41(30)36/h1-27H. The molecule has 0 aliphatic heterocycles. The first kappa shape index (κ1) is 25.1. The lowest BCUT2D eigenvalue weighted by molar-refractivity contribution is 1.30. The molecule has 9 rings (SSSR count). The quantitative estimate of drug-likeness (QED) is 0.188. The number of hydrogen-bond acceptors (Lipinski definition) is 2. The first-order chi connectivity index (χ1) is 21.8. The van der Waals surface area contributed by atoms with Gasteiger partial charge in [-0.15, -0.1) is 11.3 Å². The molecule has 9 aromatic rings. The number of nitrogens with zero attached hydrogens (tertiary/aromatic N) is 1. The highest BCUT2D eigenvalue weighted by Crippen LogP contribution is 2.44. The maximum absolute atomic E-state index is 2.42.